The van der Waals surface area contributed by atoms with Gasteiger partial charge in [-0.1, -0.05) is 12.2 Å². The molecule has 84 valence electrons. The molecule has 0 aromatic heterocycles. The lowest BCUT2D eigenvalue weighted by molar-refractivity contribution is -0.181. The van der Waals surface area contributed by atoms with Crippen LogP contribution < -0.4 is 0 Å². The molecule has 2 bridgehead atoms. The Bertz CT molecular complexity index is 428. The highest BCUT2D eigenvalue weighted by atomic mass is 35.5. The summed E-state index contributed by atoms with van der Waals surface area (Å²) in [6.07, 6.45) is -1.81. The van der Waals surface area contributed by atoms with Gasteiger partial charge in [0.25, 0.3) is 0 Å². The lowest BCUT2D eigenvalue weighted by Crippen LogP contribution is -2.55. The minimum Gasteiger partial charge on any atom is -0.196 e. The van der Waals surface area contributed by atoms with Gasteiger partial charge in [-0.05, 0) is 6.42 Å². The van der Waals surface area contributed by atoms with E-state index in [9.17, 15) is 13.2 Å². The summed E-state index contributed by atoms with van der Waals surface area (Å²) in [6.45, 7) is 0. The first-order chi connectivity index (χ1) is 7.33. The van der Waals surface area contributed by atoms with Gasteiger partial charge in [0.05, 0.1) is 12.1 Å². The maximum atomic E-state index is 13.0. The first-order valence-electron chi connectivity index (χ1n) is 4.60. The molecule has 2 aliphatic rings. The van der Waals surface area contributed by atoms with Crippen molar-refractivity contribution in [2.45, 2.75) is 17.5 Å². The topological polar surface area (TPSA) is 47.6 Å². The fourth-order valence-electron chi connectivity index (χ4n) is 2.66. The van der Waals surface area contributed by atoms with Crippen LogP contribution in [0.5, 0.6) is 0 Å². The van der Waals surface area contributed by atoms with Crippen LogP contribution in [0, 0.1) is 39.9 Å². The lowest BCUT2D eigenvalue weighted by Gasteiger charge is -2.39. The van der Waals surface area contributed by atoms with Crippen molar-refractivity contribution in [3.63, 3.8) is 0 Å². The maximum Gasteiger partial charge on any atom is 0.410 e. The van der Waals surface area contributed by atoms with E-state index in [4.69, 9.17) is 22.1 Å². The maximum absolute atomic E-state index is 13.0. The Hall–Kier alpha value is -1.20. The first-order valence-corrected chi connectivity index (χ1v) is 4.97. The minimum absolute atomic E-state index is 0.115. The second-order valence-corrected chi connectivity index (χ2v) is 4.67. The molecule has 0 heterocycles. The number of hydrogen-bond donors (Lipinski definition) is 0. The van der Waals surface area contributed by atoms with E-state index in [2.05, 4.69) is 0 Å². The van der Waals surface area contributed by atoms with Crippen molar-refractivity contribution in [2.24, 2.45) is 17.3 Å². The zero-order valence-electron chi connectivity index (χ0n) is 7.92. The van der Waals surface area contributed by atoms with Crippen molar-refractivity contribution in [3.05, 3.63) is 12.2 Å². The summed E-state index contributed by atoms with van der Waals surface area (Å²) < 4.78 is 39.0. The molecule has 0 radical (unpaired) electrons. The van der Waals surface area contributed by atoms with Crippen LogP contribution in [-0.2, 0) is 0 Å². The van der Waals surface area contributed by atoms with Crippen molar-refractivity contribution in [3.8, 4) is 12.1 Å². The summed E-state index contributed by atoms with van der Waals surface area (Å²) in [5, 5.41) is 17.9. The van der Waals surface area contributed by atoms with E-state index >= 15 is 0 Å². The third-order valence-electron chi connectivity index (χ3n) is 3.49. The van der Waals surface area contributed by atoms with Crippen LogP contribution in [-0.4, -0.2) is 11.1 Å². The molecule has 0 aromatic rings. The molecule has 3 atom stereocenters. The molecule has 0 amide bonds. The van der Waals surface area contributed by atoms with E-state index in [1.165, 1.54) is 24.3 Å². The number of nitrogens with zero attached hydrogens (tertiary/aromatic N) is 2. The first kappa shape index (κ1) is 11.3. The van der Waals surface area contributed by atoms with Crippen LogP contribution in [0.25, 0.3) is 0 Å². The Morgan fingerprint density at radius 2 is 1.69 bits per heavy atom. The Morgan fingerprint density at radius 1 is 1.19 bits per heavy atom. The summed E-state index contributed by atoms with van der Waals surface area (Å²) in [5.74, 6) is -1.72. The molecule has 0 spiro atoms. The molecule has 1 fully saturated rings. The smallest absolute Gasteiger partial charge is 0.196 e. The van der Waals surface area contributed by atoms with Crippen molar-refractivity contribution in [1.82, 2.24) is 0 Å². The van der Waals surface area contributed by atoms with Crippen molar-refractivity contribution in [1.29, 1.82) is 10.5 Å². The van der Waals surface area contributed by atoms with E-state index < -0.39 is 28.3 Å². The van der Waals surface area contributed by atoms with Crippen LogP contribution in [0.4, 0.5) is 13.2 Å². The summed E-state index contributed by atoms with van der Waals surface area (Å²) in [7, 11) is 0. The molecule has 0 N–H and O–H groups in total. The third kappa shape index (κ3) is 0.929. The Kier molecular flexibility index (Phi) is 2.06. The van der Waals surface area contributed by atoms with Gasteiger partial charge in [-0.25, -0.2) is 0 Å². The van der Waals surface area contributed by atoms with Gasteiger partial charge in [0.2, 0.25) is 0 Å². The largest absolute Gasteiger partial charge is 0.410 e. The summed E-state index contributed by atoms with van der Waals surface area (Å²) >= 11 is 5.65. The van der Waals surface area contributed by atoms with Gasteiger partial charge in [-0.3, -0.25) is 0 Å². The SMILES string of the molecule is N#CC1(C#N)[C@@H]2C=C[C@@H](C2)[C@@]1(Cl)C(F)(F)F. The molecular weight excluding hydrogens is 241 g/mol. The molecule has 0 aliphatic heterocycles. The van der Waals surface area contributed by atoms with E-state index in [-0.39, 0.29) is 6.42 Å². The zero-order valence-corrected chi connectivity index (χ0v) is 8.68. The quantitative estimate of drug-likeness (QED) is 0.487. The van der Waals surface area contributed by atoms with Gasteiger partial charge in [0.1, 0.15) is 0 Å². The summed E-state index contributed by atoms with van der Waals surface area (Å²) in [6, 6.07) is 2.98. The molecule has 16 heavy (non-hydrogen) atoms. The fraction of sp³-hybridized carbons (Fsp3) is 0.600. The standard InChI is InChI=1S/C10H6ClF3N2/c11-9(10(12,13)14)7-2-1-6(3-7)8(9,4-15)5-16/h1-2,6-7H,3H2/t6-,7+,9+/m1/s1. The summed E-state index contributed by atoms with van der Waals surface area (Å²) in [5.41, 5.74) is -2.20. The van der Waals surface area contributed by atoms with Crippen LogP contribution in [0.2, 0.25) is 0 Å². The predicted molar refractivity (Wildman–Crippen MR) is 49.0 cm³/mol. The number of rotatable bonds is 0. The molecule has 2 nitrogen and oxygen atoms in total. The van der Waals surface area contributed by atoms with E-state index in [1.54, 1.807) is 0 Å². The molecule has 0 aromatic carbocycles. The van der Waals surface area contributed by atoms with Crippen LogP contribution in [0.3, 0.4) is 0 Å². The van der Waals surface area contributed by atoms with E-state index in [0.29, 0.717) is 0 Å². The van der Waals surface area contributed by atoms with Crippen molar-refractivity contribution < 1.29 is 13.2 Å². The van der Waals surface area contributed by atoms with E-state index in [1.807, 2.05) is 0 Å². The Morgan fingerprint density at radius 3 is 2.06 bits per heavy atom. The monoisotopic (exact) mass is 246 g/mol. The number of alkyl halides is 4. The van der Waals surface area contributed by atoms with Crippen LogP contribution in [0.15, 0.2) is 12.2 Å². The Labute approximate surface area is 94.9 Å². The molecule has 2 rings (SSSR count). The normalized spacial score (nSPS) is 39.4. The summed E-state index contributed by atoms with van der Waals surface area (Å²) in [4.78, 5) is -2.77. The number of allylic oxidation sites excluding steroid dienone is 2. The van der Waals surface area contributed by atoms with Gasteiger partial charge < -0.3 is 0 Å². The molecular formula is C10H6ClF3N2. The van der Waals surface area contributed by atoms with Gasteiger partial charge in [-0.2, -0.15) is 23.7 Å². The average Bonchev–Trinajstić information content (AvgIpc) is 2.75. The number of fused-ring (bicyclic) bond motifs is 2. The number of halogens is 4. The van der Waals surface area contributed by atoms with E-state index in [0.717, 1.165) is 0 Å². The Balaban J connectivity index is 2.67. The van der Waals surface area contributed by atoms with Crippen molar-refractivity contribution in [2.75, 3.05) is 0 Å². The lowest BCUT2D eigenvalue weighted by atomic mass is 9.69. The molecule has 6 heteroatoms. The third-order valence-corrected chi connectivity index (χ3v) is 4.28. The molecule has 2 aliphatic carbocycles. The van der Waals surface area contributed by atoms with Gasteiger partial charge >= 0.3 is 6.18 Å². The molecule has 0 saturated heterocycles. The predicted octanol–water partition coefficient (Wildman–Crippen LogP) is 2.77. The minimum atomic E-state index is -4.77. The van der Waals surface area contributed by atoms with Crippen molar-refractivity contribution >= 4 is 11.6 Å². The second-order valence-electron chi connectivity index (χ2n) is 4.07. The fourth-order valence-corrected chi connectivity index (χ4v) is 3.05. The molecule has 1 saturated carbocycles. The number of nitriles is 2. The van der Waals surface area contributed by atoms with Gasteiger partial charge in [-0.15, -0.1) is 11.6 Å². The van der Waals surface area contributed by atoms with Gasteiger partial charge in [0.15, 0.2) is 10.3 Å². The van der Waals surface area contributed by atoms with Crippen LogP contribution in [0.1, 0.15) is 6.42 Å². The highest BCUT2D eigenvalue weighted by Crippen LogP contribution is 2.66. The molecule has 0 unspecified atom stereocenters. The van der Waals surface area contributed by atoms with Gasteiger partial charge in [0, 0.05) is 11.8 Å². The highest BCUT2D eigenvalue weighted by Gasteiger charge is 2.77. The number of hydrogen-bond acceptors (Lipinski definition) is 2. The average molecular weight is 247 g/mol. The highest BCUT2D eigenvalue weighted by molar-refractivity contribution is 6.26. The van der Waals surface area contributed by atoms with Crippen LogP contribution >= 0.6 is 11.6 Å². The second kappa shape index (κ2) is 2.93. The zero-order chi connectivity index (χ0) is 12.2.